The van der Waals surface area contributed by atoms with Crippen molar-refractivity contribution in [1.82, 2.24) is 9.88 Å². The van der Waals surface area contributed by atoms with Crippen LogP contribution >= 0.6 is 0 Å². The third-order valence-electron chi connectivity index (χ3n) is 3.76. The molecule has 1 unspecified atom stereocenters. The summed E-state index contributed by atoms with van der Waals surface area (Å²) in [6.45, 7) is 4.99. The van der Waals surface area contributed by atoms with Gasteiger partial charge in [-0.1, -0.05) is 13.3 Å². The second-order valence-electron chi connectivity index (χ2n) is 5.09. The van der Waals surface area contributed by atoms with Crippen molar-refractivity contribution in [3.8, 4) is 0 Å². The first-order valence-corrected chi connectivity index (χ1v) is 6.93. The molecule has 1 aliphatic rings. The van der Waals surface area contributed by atoms with E-state index >= 15 is 0 Å². The minimum Gasteiger partial charge on any atom is -0.299 e. The van der Waals surface area contributed by atoms with Gasteiger partial charge >= 0.3 is 0 Å². The lowest BCUT2D eigenvalue weighted by molar-refractivity contribution is -0.125. The normalized spacial score (nSPS) is 20.3. The van der Waals surface area contributed by atoms with Crippen molar-refractivity contribution in [3.63, 3.8) is 0 Å². The molecule has 1 aliphatic carbocycles. The first-order valence-electron chi connectivity index (χ1n) is 6.93. The van der Waals surface area contributed by atoms with E-state index in [0.29, 0.717) is 5.78 Å². The van der Waals surface area contributed by atoms with Crippen LogP contribution in [0.5, 0.6) is 0 Å². The van der Waals surface area contributed by atoms with E-state index in [9.17, 15) is 4.79 Å². The fraction of sp³-hybridized carbons (Fsp3) is 0.600. The summed E-state index contributed by atoms with van der Waals surface area (Å²) in [7, 11) is 0. The summed E-state index contributed by atoms with van der Waals surface area (Å²) >= 11 is 0. The SMILES string of the molecule is CCN(Cc1ccncc1)CC1CCCCC1=O. The first kappa shape index (κ1) is 13.2. The monoisotopic (exact) mass is 246 g/mol. The standard InChI is InChI=1S/C15H22N2O/c1-2-17(11-13-7-9-16-10-8-13)12-14-5-3-4-6-15(14)18/h7-10,14H,2-6,11-12H2,1H3. The van der Waals surface area contributed by atoms with Gasteiger partial charge in [-0.2, -0.15) is 0 Å². The van der Waals surface area contributed by atoms with Gasteiger partial charge in [-0.15, -0.1) is 0 Å². The van der Waals surface area contributed by atoms with E-state index in [1.54, 1.807) is 0 Å². The number of rotatable bonds is 5. The Balaban J connectivity index is 1.90. The van der Waals surface area contributed by atoms with E-state index in [1.807, 2.05) is 24.5 Å². The van der Waals surface area contributed by atoms with Gasteiger partial charge in [-0.3, -0.25) is 14.7 Å². The quantitative estimate of drug-likeness (QED) is 0.801. The highest BCUT2D eigenvalue weighted by Gasteiger charge is 2.23. The lowest BCUT2D eigenvalue weighted by Crippen LogP contribution is -2.34. The summed E-state index contributed by atoms with van der Waals surface area (Å²) in [6, 6.07) is 4.09. The topological polar surface area (TPSA) is 33.2 Å². The smallest absolute Gasteiger partial charge is 0.137 e. The van der Waals surface area contributed by atoms with Crippen molar-refractivity contribution in [2.75, 3.05) is 13.1 Å². The molecular formula is C15H22N2O. The summed E-state index contributed by atoms with van der Waals surface area (Å²) in [5, 5.41) is 0. The van der Waals surface area contributed by atoms with Crippen LogP contribution in [0.2, 0.25) is 0 Å². The number of nitrogens with zero attached hydrogens (tertiary/aromatic N) is 2. The Morgan fingerprint density at radius 2 is 2.11 bits per heavy atom. The molecule has 1 saturated carbocycles. The summed E-state index contributed by atoms with van der Waals surface area (Å²) in [5.74, 6) is 0.731. The fourth-order valence-electron chi connectivity index (χ4n) is 2.61. The highest BCUT2D eigenvalue weighted by atomic mass is 16.1. The maximum atomic E-state index is 11.9. The van der Waals surface area contributed by atoms with Gasteiger partial charge in [-0.25, -0.2) is 0 Å². The minimum atomic E-state index is 0.264. The molecule has 1 fully saturated rings. The Labute approximate surface area is 109 Å². The molecule has 0 radical (unpaired) electrons. The van der Waals surface area contributed by atoms with Crippen LogP contribution in [0.4, 0.5) is 0 Å². The number of ketones is 1. The Morgan fingerprint density at radius 1 is 1.33 bits per heavy atom. The third kappa shape index (κ3) is 3.64. The molecule has 0 saturated heterocycles. The summed E-state index contributed by atoms with van der Waals surface area (Å²) < 4.78 is 0. The van der Waals surface area contributed by atoms with Crippen molar-refractivity contribution in [2.24, 2.45) is 5.92 Å². The third-order valence-corrected chi connectivity index (χ3v) is 3.76. The van der Waals surface area contributed by atoms with Crippen LogP contribution in [0.3, 0.4) is 0 Å². The lowest BCUT2D eigenvalue weighted by Gasteiger charge is -2.28. The number of carbonyl (C=O) groups is 1. The molecule has 0 aromatic carbocycles. The Bertz CT molecular complexity index is 377. The minimum absolute atomic E-state index is 0.264. The average molecular weight is 246 g/mol. The van der Waals surface area contributed by atoms with Crippen molar-refractivity contribution >= 4 is 5.78 Å². The highest BCUT2D eigenvalue weighted by molar-refractivity contribution is 5.81. The molecule has 18 heavy (non-hydrogen) atoms. The number of aromatic nitrogens is 1. The fourth-order valence-corrected chi connectivity index (χ4v) is 2.61. The van der Waals surface area contributed by atoms with Gasteiger partial charge in [0.2, 0.25) is 0 Å². The molecule has 3 nitrogen and oxygen atoms in total. The molecule has 0 spiro atoms. The van der Waals surface area contributed by atoms with Crippen LogP contribution in [0.1, 0.15) is 38.2 Å². The van der Waals surface area contributed by atoms with Crippen LogP contribution < -0.4 is 0 Å². The predicted molar refractivity (Wildman–Crippen MR) is 72.2 cm³/mol. The van der Waals surface area contributed by atoms with Gasteiger partial charge in [0.05, 0.1) is 0 Å². The molecule has 0 N–H and O–H groups in total. The van der Waals surface area contributed by atoms with E-state index in [4.69, 9.17) is 0 Å². The lowest BCUT2D eigenvalue weighted by atomic mass is 9.87. The maximum Gasteiger partial charge on any atom is 0.137 e. The Kier molecular flexibility index (Phi) is 4.88. The number of pyridine rings is 1. The number of carbonyl (C=O) groups excluding carboxylic acids is 1. The van der Waals surface area contributed by atoms with E-state index in [0.717, 1.165) is 38.9 Å². The van der Waals surface area contributed by atoms with Crippen LogP contribution in [-0.2, 0) is 11.3 Å². The first-order chi connectivity index (χ1) is 8.79. The van der Waals surface area contributed by atoms with E-state index in [1.165, 1.54) is 12.0 Å². The molecular weight excluding hydrogens is 224 g/mol. The second kappa shape index (κ2) is 6.64. The zero-order valence-electron chi connectivity index (χ0n) is 11.1. The Morgan fingerprint density at radius 3 is 2.78 bits per heavy atom. The zero-order chi connectivity index (χ0) is 12.8. The molecule has 98 valence electrons. The second-order valence-corrected chi connectivity index (χ2v) is 5.09. The molecule has 0 aliphatic heterocycles. The van der Waals surface area contributed by atoms with Gasteiger partial charge in [0.1, 0.15) is 5.78 Å². The highest BCUT2D eigenvalue weighted by Crippen LogP contribution is 2.22. The molecule has 1 atom stereocenters. The van der Waals surface area contributed by atoms with Gasteiger partial charge < -0.3 is 0 Å². The van der Waals surface area contributed by atoms with Gasteiger partial charge in [0, 0.05) is 37.8 Å². The molecule has 1 aromatic heterocycles. The average Bonchev–Trinajstić information content (AvgIpc) is 2.41. The summed E-state index contributed by atoms with van der Waals surface area (Å²) in [6.07, 6.45) is 7.82. The predicted octanol–water partition coefficient (Wildman–Crippen LogP) is 2.66. The van der Waals surface area contributed by atoms with Gasteiger partial charge in [-0.05, 0) is 37.1 Å². The van der Waals surface area contributed by atoms with Crippen molar-refractivity contribution in [1.29, 1.82) is 0 Å². The number of Topliss-reactive ketones (excluding diaryl/α,β-unsaturated/α-hetero) is 1. The number of hydrogen-bond donors (Lipinski definition) is 0. The molecule has 1 heterocycles. The largest absolute Gasteiger partial charge is 0.299 e. The Hall–Kier alpha value is -1.22. The molecule has 1 aromatic rings. The summed E-state index contributed by atoms with van der Waals surface area (Å²) in [4.78, 5) is 18.3. The van der Waals surface area contributed by atoms with E-state index in [2.05, 4.69) is 16.8 Å². The van der Waals surface area contributed by atoms with Gasteiger partial charge in [0.15, 0.2) is 0 Å². The van der Waals surface area contributed by atoms with Gasteiger partial charge in [0.25, 0.3) is 0 Å². The van der Waals surface area contributed by atoms with Crippen molar-refractivity contribution < 1.29 is 4.79 Å². The van der Waals surface area contributed by atoms with Crippen LogP contribution in [0.25, 0.3) is 0 Å². The van der Waals surface area contributed by atoms with Crippen LogP contribution in [0, 0.1) is 5.92 Å². The van der Waals surface area contributed by atoms with E-state index < -0.39 is 0 Å². The van der Waals surface area contributed by atoms with E-state index in [-0.39, 0.29) is 5.92 Å². The molecule has 2 rings (SSSR count). The van der Waals surface area contributed by atoms with Crippen molar-refractivity contribution in [3.05, 3.63) is 30.1 Å². The molecule has 3 heteroatoms. The van der Waals surface area contributed by atoms with Crippen LogP contribution in [-0.4, -0.2) is 28.8 Å². The molecule has 0 bridgehead atoms. The zero-order valence-corrected chi connectivity index (χ0v) is 11.1. The number of hydrogen-bond acceptors (Lipinski definition) is 3. The maximum absolute atomic E-state index is 11.9. The molecule has 0 amide bonds. The van der Waals surface area contributed by atoms with Crippen molar-refractivity contribution in [2.45, 2.75) is 39.2 Å². The summed E-state index contributed by atoms with van der Waals surface area (Å²) in [5.41, 5.74) is 1.27. The van der Waals surface area contributed by atoms with Crippen LogP contribution in [0.15, 0.2) is 24.5 Å².